The Morgan fingerprint density at radius 2 is 2.00 bits per heavy atom. The summed E-state index contributed by atoms with van der Waals surface area (Å²) >= 11 is 1.40. The van der Waals surface area contributed by atoms with E-state index in [2.05, 4.69) is 10.6 Å². The van der Waals surface area contributed by atoms with Gasteiger partial charge in [-0.1, -0.05) is 12.1 Å². The van der Waals surface area contributed by atoms with Crippen LogP contribution in [0.25, 0.3) is 0 Å². The fourth-order valence-electron chi connectivity index (χ4n) is 3.29. The molecule has 114 valence electrons. The van der Waals surface area contributed by atoms with E-state index < -0.39 is 0 Å². The molecule has 2 fully saturated rings. The highest BCUT2D eigenvalue weighted by Crippen LogP contribution is 2.27. The van der Waals surface area contributed by atoms with E-state index in [4.69, 9.17) is 0 Å². The topological polar surface area (TPSA) is 41.1 Å². The van der Waals surface area contributed by atoms with Crippen LogP contribution in [0.5, 0.6) is 0 Å². The van der Waals surface area contributed by atoms with E-state index in [9.17, 15) is 9.18 Å². The number of halogens is 1. The van der Waals surface area contributed by atoms with E-state index in [0.717, 1.165) is 12.8 Å². The predicted molar refractivity (Wildman–Crippen MR) is 82.9 cm³/mol. The Kier molecular flexibility index (Phi) is 4.80. The summed E-state index contributed by atoms with van der Waals surface area (Å²) in [4.78, 5) is 12.6. The Morgan fingerprint density at radius 3 is 2.71 bits per heavy atom. The average Bonchev–Trinajstić information content (AvgIpc) is 2.80. The molecule has 2 unspecified atom stereocenters. The van der Waals surface area contributed by atoms with Crippen LogP contribution in [-0.4, -0.2) is 29.8 Å². The number of carbonyl (C=O) groups excluding carboxylic acids is 1. The van der Waals surface area contributed by atoms with Crippen LogP contribution in [0.2, 0.25) is 0 Å². The number of thioether (sulfide) groups is 1. The van der Waals surface area contributed by atoms with Crippen molar-refractivity contribution >= 4 is 17.7 Å². The summed E-state index contributed by atoms with van der Waals surface area (Å²) in [5.41, 5.74) is 0. The van der Waals surface area contributed by atoms with Crippen LogP contribution in [0.15, 0.2) is 29.2 Å². The van der Waals surface area contributed by atoms with Crippen LogP contribution in [-0.2, 0) is 4.79 Å². The average molecular weight is 308 g/mol. The maximum absolute atomic E-state index is 13.5. The third kappa shape index (κ3) is 3.98. The van der Waals surface area contributed by atoms with Crippen molar-refractivity contribution in [2.24, 2.45) is 0 Å². The van der Waals surface area contributed by atoms with Crippen molar-refractivity contribution in [3.05, 3.63) is 30.1 Å². The highest BCUT2D eigenvalue weighted by molar-refractivity contribution is 7.99. The van der Waals surface area contributed by atoms with E-state index in [-0.39, 0.29) is 11.7 Å². The lowest BCUT2D eigenvalue weighted by Gasteiger charge is -2.29. The van der Waals surface area contributed by atoms with Crippen LogP contribution in [0.4, 0.5) is 4.39 Å². The van der Waals surface area contributed by atoms with E-state index in [1.807, 2.05) is 6.07 Å². The fourth-order valence-corrected chi connectivity index (χ4v) is 4.18. The second-order valence-electron chi connectivity index (χ2n) is 5.90. The van der Waals surface area contributed by atoms with Crippen molar-refractivity contribution in [2.45, 2.75) is 55.1 Å². The molecule has 2 aliphatic rings. The minimum atomic E-state index is -0.210. The zero-order valence-corrected chi connectivity index (χ0v) is 12.8. The molecule has 1 amide bonds. The smallest absolute Gasteiger partial charge is 0.221 e. The normalized spacial score (nSPS) is 27.6. The number of benzene rings is 1. The molecule has 3 rings (SSSR count). The summed E-state index contributed by atoms with van der Waals surface area (Å²) < 4.78 is 13.5. The Hall–Kier alpha value is -1.07. The molecule has 0 radical (unpaired) electrons. The number of hydrogen-bond acceptors (Lipinski definition) is 3. The molecular formula is C16H21FN2OS. The Morgan fingerprint density at radius 1 is 1.29 bits per heavy atom. The molecule has 3 nitrogen and oxygen atoms in total. The van der Waals surface area contributed by atoms with Gasteiger partial charge < -0.3 is 10.6 Å². The van der Waals surface area contributed by atoms with Crippen molar-refractivity contribution in [2.75, 3.05) is 5.75 Å². The quantitative estimate of drug-likeness (QED) is 0.822. The van der Waals surface area contributed by atoms with Crippen LogP contribution >= 0.6 is 11.8 Å². The standard InChI is InChI=1S/C16H21FN2OS/c17-14-3-1-2-4-15(14)21-8-7-16(20)19-13-9-11-5-6-12(10-13)18-11/h1-4,11-13,18H,5-10H2,(H,19,20). The molecule has 2 bridgehead atoms. The molecule has 1 aromatic rings. The lowest BCUT2D eigenvalue weighted by Crippen LogP contribution is -2.48. The van der Waals surface area contributed by atoms with Crippen molar-refractivity contribution < 1.29 is 9.18 Å². The molecule has 2 heterocycles. The molecule has 21 heavy (non-hydrogen) atoms. The van der Waals surface area contributed by atoms with Gasteiger partial charge in [0.1, 0.15) is 5.82 Å². The van der Waals surface area contributed by atoms with Crippen molar-refractivity contribution in [3.63, 3.8) is 0 Å². The molecule has 0 saturated carbocycles. The molecule has 2 N–H and O–H groups in total. The number of nitrogens with one attached hydrogen (secondary N) is 2. The van der Waals surface area contributed by atoms with Crippen LogP contribution in [0, 0.1) is 5.82 Å². The van der Waals surface area contributed by atoms with E-state index in [0.29, 0.717) is 35.2 Å². The molecule has 0 aliphatic carbocycles. The first-order chi connectivity index (χ1) is 10.2. The van der Waals surface area contributed by atoms with Crippen LogP contribution in [0.1, 0.15) is 32.1 Å². The van der Waals surface area contributed by atoms with Crippen molar-refractivity contribution in [1.29, 1.82) is 0 Å². The molecular weight excluding hydrogens is 287 g/mol. The fraction of sp³-hybridized carbons (Fsp3) is 0.562. The van der Waals surface area contributed by atoms with Crippen molar-refractivity contribution in [3.8, 4) is 0 Å². The Bertz CT molecular complexity index is 499. The van der Waals surface area contributed by atoms with E-state index in [1.165, 1.54) is 30.7 Å². The number of piperidine rings is 1. The van der Waals surface area contributed by atoms with E-state index in [1.54, 1.807) is 12.1 Å². The SMILES string of the molecule is O=C(CCSc1ccccc1F)NC1CC2CCC(C1)N2. The predicted octanol–water partition coefficient (Wildman–Crippen LogP) is 2.71. The van der Waals surface area contributed by atoms with Crippen molar-refractivity contribution in [1.82, 2.24) is 10.6 Å². The number of hydrogen-bond donors (Lipinski definition) is 2. The minimum absolute atomic E-state index is 0.0881. The highest BCUT2D eigenvalue weighted by Gasteiger charge is 2.33. The molecule has 0 aromatic heterocycles. The lowest BCUT2D eigenvalue weighted by molar-refractivity contribution is -0.121. The van der Waals surface area contributed by atoms with Gasteiger partial charge in [-0.3, -0.25) is 4.79 Å². The number of fused-ring (bicyclic) bond motifs is 2. The number of rotatable bonds is 5. The lowest BCUT2D eigenvalue weighted by atomic mass is 10.00. The summed E-state index contributed by atoms with van der Waals surface area (Å²) in [6.07, 6.45) is 5.00. The molecule has 2 saturated heterocycles. The first-order valence-electron chi connectivity index (χ1n) is 7.63. The number of carbonyl (C=O) groups is 1. The van der Waals surface area contributed by atoms with Gasteiger partial charge in [0.15, 0.2) is 0 Å². The second kappa shape index (κ2) is 6.79. The third-order valence-corrected chi connectivity index (χ3v) is 5.31. The first-order valence-corrected chi connectivity index (χ1v) is 8.62. The summed E-state index contributed by atoms with van der Waals surface area (Å²) in [7, 11) is 0. The summed E-state index contributed by atoms with van der Waals surface area (Å²) in [5, 5.41) is 6.70. The summed E-state index contributed by atoms with van der Waals surface area (Å²) in [5.74, 6) is 0.493. The largest absolute Gasteiger partial charge is 0.353 e. The van der Waals surface area contributed by atoms with Gasteiger partial charge in [0, 0.05) is 35.2 Å². The van der Waals surface area contributed by atoms with Gasteiger partial charge in [-0.15, -0.1) is 11.8 Å². The Balaban J connectivity index is 1.40. The van der Waals surface area contributed by atoms with Gasteiger partial charge in [0.2, 0.25) is 5.91 Å². The Labute approximate surface area is 129 Å². The zero-order chi connectivity index (χ0) is 14.7. The van der Waals surface area contributed by atoms with Crippen LogP contribution in [0.3, 0.4) is 0 Å². The maximum atomic E-state index is 13.5. The van der Waals surface area contributed by atoms with Gasteiger partial charge >= 0.3 is 0 Å². The van der Waals surface area contributed by atoms with Gasteiger partial charge in [-0.05, 0) is 37.8 Å². The summed E-state index contributed by atoms with van der Waals surface area (Å²) in [6, 6.07) is 8.18. The molecule has 2 atom stereocenters. The minimum Gasteiger partial charge on any atom is -0.353 e. The van der Waals surface area contributed by atoms with E-state index >= 15 is 0 Å². The third-order valence-electron chi connectivity index (χ3n) is 4.26. The van der Waals surface area contributed by atoms with Gasteiger partial charge in [0.05, 0.1) is 0 Å². The molecule has 2 aliphatic heterocycles. The number of amides is 1. The maximum Gasteiger partial charge on any atom is 0.221 e. The van der Waals surface area contributed by atoms with Gasteiger partial charge in [0.25, 0.3) is 0 Å². The first kappa shape index (κ1) is 14.9. The second-order valence-corrected chi connectivity index (χ2v) is 7.04. The zero-order valence-electron chi connectivity index (χ0n) is 12.0. The summed E-state index contributed by atoms with van der Waals surface area (Å²) in [6.45, 7) is 0. The monoisotopic (exact) mass is 308 g/mol. The van der Waals surface area contributed by atoms with Gasteiger partial charge in [-0.2, -0.15) is 0 Å². The highest BCUT2D eigenvalue weighted by atomic mass is 32.2. The molecule has 5 heteroatoms. The van der Waals surface area contributed by atoms with Crippen LogP contribution < -0.4 is 10.6 Å². The van der Waals surface area contributed by atoms with Gasteiger partial charge in [-0.25, -0.2) is 4.39 Å². The molecule has 0 spiro atoms. The molecule has 1 aromatic carbocycles.